The normalized spacial score (nSPS) is 9.17. The van der Waals surface area contributed by atoms with E-state index in [0.29, 0.717) is 0 Å². The summed E-state index contributed by atoms with van der Waals surface area (Å²) in [5, 5.41) is 7.36. The third kappa shape index (κ3) is 94.1. The molecule has 0 aliphatic heterocycles. The second-order valence-corrected chi connectivity index (χ2v) is 6.01. The Balaban J connectivity index is -0.0000000337. The first kappa shape index (κ1) is 59.6. The van der Waals surface area contributed by atoms with Gasteiger partial charge in [0.2, 0.25) is 0 Å². The van der Waals surface area contributed by atoms with E-state index in [4.69, 9.17) is 38.0 Å². The third-order valence-electron chi connectivity index (χ3n) is 3.38. The van der Waals surface area contributed by atoms with E-state index in [0.717, 1.165) is 24.9 Å². The molecule has 11 heteroatoms. The van der Waals surface area contributed by atoms with Gasteiger partial charge in [0.25, 0.3) is 0 Å². The quantitative estimate of drug-likeness (QED) is 0.166. The minimum absolute atomic E-state index is 0. The molecular weight excluding hydrogens is 722 g/mol. The van der Waals surface area contributed by atoms with Gasteiger partial charge >= 0.3 is 182 Å². The summed E-state index contributed by atoms with van der Waals surface area (Å²) in [5.74, 6) is 0. The fourth-order valence-electron chi connectivity index (χ4n) is 2.26. The SMILES string of the molecule is C1CCCC1.C1CCCC1.[C-]#[O+].[C-]#[O+].[C-]#[O+].[C-]#[O+].[C-]#[O+].[C-]#[O+].[C-]#[O+].[Fe+2].[Fe+]=[C-]c1ccccc1.[N-]=[C]=[W]. The van der Waals surface area contributed by atoms with Crippen LogP contribution in [0.15, 0.2) is 30.3 Å². The van der Waals surface area contributed by atoms with Crippen molar-refractivity contribution >= 4 is 9.12 Å². The van der Waals surface area contributed by atoms with E-state index in [1.54, 1.807) is 0 Å². The Bertz CT molecular complexity index is 573. The van der Waals surface area contributed by atoms with Crippen LogP contribution in [-0.2, 0) is 84.6 Å². The monoisotopic (exact) mass is 747 g/mol. The molecule has 36 heavy (non-hydrogen) atoms. The van der Waals surface area contributed by atoms with Gasteiger partial charge in [-0.25, -0.2) is 0 Å². The van der Waals surface area contributed by atoms with Crippen molar-refractivity contribution in [2.45, 2.75) is 64.2 Å². The van der Waals surface area contributed by atoms with Crippen molar-refractivity contribution in [1.29, 1.82) is 0 Å². The van der Waals surface area contributed by atoms with Crippen LogP contribution in [0, 0.1) is 46.6 Å². The molecule has 1 aromatic rings. The molecule has 0 N–H and O–H groups in total. The van der Waals surface area contributed by atoms with Gasteiger partial charge in [0, 0.05) is 0 Å². The Hall–Kier alpha value is -1.42. The van der Waals surface area contributed by atoms with E-state index in [-0.39, 0.29) is 17.1 Å². The van der Waals surface area contributed by atoms with E-state index < -0.39 is 0 Å². The second kappa shape index (κ2) is 103. The molecule has 2 aliphatic carbocycles. The minimum atomic E-state index is 0. The molecule has 8 nitrogen and oxygen atoms in total. The maximum absolute atomic E-state index is 7.50. The van der Waals surface area contributed by atoms with Gasteiger partial charge in [-0.3, -0.25) is 0 Å². The van der Waals surface area contributed by atoms with Gasteiger partial charge < -0.3 is 0 Å². The van der Waals surface area contributed by atoms with Crippen LogP contribution >= 0.6 is 0 Å². The molecule has 3 rings (SSSR count). The molecule has 1 aromatic carbocycles. The van der Waals surface area contributed by atoms with Gasteiger partial charge in [-0.05, 0) is 0 Å². The first-order valence-electron chi connectivity index (χ1n) is 9.19. The van der Waals surface area contributed by atoms with Crippen molar-refractivity contribution in [3.63, 3.8) is 0 Å². The first-order valence-corrected chi connectivity index (χ1v) is 11.2. The van der Waals surface area contributed by atoms with Gasteiger partial charge in [0.05, 0.1) is 0 Å². The molecule has 0 spiro atoms. The van der Waals surface area contributed by atoms with E-state index in [1.165, 1.54) is 64.2 Å². The van der Waals surface area contributed by atoms with E-state index >= 15 is 0 Å². The Labute approximate surface area is 244 Å². The first-order chi connectivity index (χ1) is 17.3. The fourth-order valence-corrected chi connectivity index (χ4v) is 2.45. The van der Waals surface area contributed by atoms with E-state index in [1.807, 2.05) is 34.5 Å². The zero-order valence-electron chi connectivity index (χ0n) is 19.4. The van der Waals surface area contributed by atoms with Gasteiger partial charge in [0.1, 0.15) is 0 Å². The van der Waals surface area contributed by atoms with Crippen molar-refractivity contribution in [2.24, 2.45) is 0 Å². The van der Waals surface area contributed by atoms with E-state index in [9.17, 15) is 0 Å². The predicted octanol–water partition coefficient (Wildman–Crippen LogP) is 4.90. The molecule has 2 fully saturated rings. The Kier molecular flexibility index (Phi) is 171. The number of nitrogens with zero attached hydrogens (tertiary/aromatic N) is 1. The van der Waals surface area contributed by atoms with Crippen molar-refractivity contribution in [3.8, 4) is 0 Å². The van der Waals surface area contributed by atoms with Crippen molar-refractivity contribution < 1.29 is 84.6 Å². The number of hydrogen-bond donors (Lipinski definition) is 0. The van der Waals surface area contributed by atoms with Crippen LogP contribution in [0.4, 0.5) is 0 Å². The Morgan fingerprint density at radius 3 is 0.861 bits per heavy atom. The van der Waals surface area contributed by atoms with Crippen LogP contribution < -0.4 is 0 Å². The van der Waals surface area contributed by atoms with E-state index in [2.05, 4.69) is 67.0 Å². The molecule has 0 aromatic heterocycles. The van der Waals surface area contributed by atoms with Crippen LogP contribution in [0.3, 0.4) is 0 Å². The maximum atomic E-state index is 7.50. The molecule has 0 unspecified atom stereocenters. The molecule has 2 aliphatic rings. The van der Waals surface area contributed by atoms with Crippen LogP contribution in [0.1, 0.15) is 69.8 Å². The predicted molar refractivity (Wildman–Crippen MR) is 113 cm³/mol. The van der Waals surface area contributed by atoms with Crippen LogP contribution in [0.2, 0.25) is 0 Å². The van der Waals surface area contributed by atoms with Crippen LogP contribution in [0.5, 0.6) is 0 Å². The zero-order valence-corrected chi connectivity index (χ0v) is 24.5. The third-order valence-corrected chi connectivity index (χ3v) is 3.69. The number of hydrogen-bond acceptors (Lipinski definition) is 0. The molecular formula is C25H25Fe2NO7W+. The molecule has 0 bridgehead atoms. The number of rotatable bonds is 1. The Morgan fingerprint density at radius 2 is 0.750 bits per heavy atom. The van der Waals surface area contributed by atoms with Gasteiger partial charge in [-0.2, -0.15) is 0 Å². The summed E-state index contributed by atoms with van der Waals surface area (Å²) in [5.41, 5.74) is 1.05. The van der Waals surface area contributed by atoms with Gasteiger partial charge in [-0.15, -0.1) is 0 Å². The van der Waals surface area contributed by atoms with Crippen LogP contribution in [-0.4, -0.2) is 9.12 Å². The van der Waals surface area contributed by atoms with Crippen molar-refractivity contribution in [2.75, 3.05) is 0 Å². The molecule has 0 saturated heterocycles. The van der Waals surface area contributed by atoms with Gasteiger partial charge in [0.15, 0.2) is 0 Å². The standard InChI is InChI=1S/C7H5.2C5H10.CN.7CO.2Fe.W/c1-7-5-3-2-4-6-7;2*1-2-4-5-3-1;8*1-2;;;/h2-6H;2*1-5H2;;;;;;;;;;;/q-1;;;-1;;;;;;;;+1;+2;. The van der Waals surface area contributed by atoms with Crippen LogP contribution in [0.25, 0.3) is 5.41 Å². The Morgan fingerprint density at radius 1 is 0.583 bits per heavy atom. The summed E-state index contributed by atoms with van der Waals surface area (Å²) >= 11 is 4.48. The van der Waals surface area contributed by atoms with Gasteiger partial charge in [-0.1, -0.05) is 64.2 Å². The molecule has 2 saturated carbocycles. The summed E-state index contributed by atoms with van der Waals surface area (Å²) in [6.45, 7) is 31.5. The van der Waals surface area contributed by atoms with Crippen molar-refractivity contribution in [3.05, 3.63) is 87.9 Å². The summed E-state index contributed by atoms with van der Waals surface area (Å²) in [7, 11) is 0. The summed E-state index contributed by atoms with van der Waals surface area (Å²) < 4.78 is 54.3. The molecule has 0 radical (unpaired) electrons. The average molecular weight is 747 g/mol. The fraction of sp³-hybridized carbons (Fsp3) is 0.400. The molecule has 0 amide bonds. The second-order valence-electron chi connectivity index (χ2n) is 5.08. The average Bonchev–Trinajstić information content (AvgIpc) is 3.78. The molecule has 0 atom stereocenters. The summed E-state index contributed by atoms with van der Waals surface area (Å²) in [4.78, 5) is 2.78. The summed E-state index contributed by atoms with van der Waals surface area (Å²) in [6.07, 6.45) is 15.0. The van der Waals surface area contributed by atoms with Crippen molar-refractivity contribution in [1.82, 2.24) is 0 Å². The number of benzene rings is 1. The molecule has 193 valence electrons. The summed E-state index contributed by atoms with van der Waals surface area (Å²) in [6, 6.07) is 9.84. The molecule has 0 heterocycles. The zero-order chi connectivity index (χ0) is 29.6. The topological polar surface area (TPSA) is 162 Å².